The number of benzene rings is 3. The zero-order valence-corrected chi connectivity index (χ0v) is 18.7. The lowest BCUT2D eigenvalue weighted by Crippen LogP contribution is -2.32. The average Bonchev–Trinajstić information content (AvgIpc) is 3.05. The molecule has 168 valence electrons. The quantitative estimate of drug-likeness (QED) is 0.480. The number of hydrogen-bond acceptors (Lipinski definition) is 5. The monoisotopic (exact) mass is 466 g/mol. The minimum absolute atomic E-state index is 0.0288. The first-order valence-corrected chi connectivity index (χ1v) is 10.5. The molecule has 0 radical (unpaired) electrons. The van der Waals surface area contributed by atoms with Crippen LogP contribution < -0.4 is 19.7 Å². The van der Waals surface area contributed by atoms with Crippen LogP contribution in [0.1, 0.15) is 12.5 Å². The van der Waals surface area contributed by atoms with Gasteiger partial charge in [-0.1, -0.05) is 23.7 Å². The van der Waals surface area contributed by atoms with Crippen molar-refractivity contribution < 1.29 is 23.5 Å². The van der Waals surface area contributed by atoms with Gasteiger partial charge in [-0.05, 0) is 67.1 Å². The Morgan fingerprint density at radius 3 is 2.30 bits per heavy atom. The molecule has 0 saturated heterocycles. The second kappa shape index (κ2) is 9.34. The molecule has 0 atom stereocenters. The van der Waals surface area contributed by atoms with E-state index in [1.54, 1.807) is 42.5 Å². The maximum absolute atomic E-state index is 13.5. The highest BCUT2D eigenvalue weighted by Gasteiger charge is 2.40. The number of nitrogens with zero attached hydrogens (tertiary/aromatic N) is 1. The van der Waals surface area contributed by atoms with Gasteiger partial charge in [0.1, 0.15) is 23.0 Å². The third kappa shape index (κ3) is 4.40. The Balaban J connectivity index is 1.80. The van der Waals surface area contributed by atoms with Crippen LogP contribution in [-0.4, -0.2) is 25.5 Å². The summed E-state index contributed by atoms with van der Waals surface area (Å²) < 4.78 is 24.3. The molecule has 0 saturated carbocycles. The van der Waals surface area contributed by atoms with Gasteiger partial charge >= 0.3 is 0 Å². The second-order valence-electron chi connectivity index (χ2n) is 7.10. The van der Waals surface area contributed by atoms with Crippen LogP contribution >= 0.6 is 11.6 Å². The standard InChI is InChI=1S/C25H20ClFN2O4/c1-3-33-19-11-9-18(10-12-19)29-24(30)22(15-4-7-17(27)8-5-15)23(25(29)31)28-20-14-16(26)6-13-21(20)32-2/h4-14,28H,3H2,1-2H3. The summed E-state index contributed by atoms with van der Waals surface area (Å²) in [5.74, 6) is -0.505. The van der Waals surface area contributed by atoms with E-state index in [0.29, 0.717) is 40.1 Å². The average molecular weight is 467 g/mol. The SMILES string of the molecule is CCOc1ccc(N2C(=O)C(Nc3cc(Cl)ccc3OC)=C(c3ccc(F)cc3)C2=O)cc1. The number of hydrogen-bond donors (Lipinski definition) is 1. The molecule has 4 rings (SSSR count). The highest BCUT2D eigenvalue weighted by molar-refractivity contribution is 6.46. The molecular weight excluding hydrogens is 447 g/mol. The third-order valence-electron chi connectivity index (χ3n) is 5.04. The Hall–Kier alpha value is -3.84. The first-order valence-electron chi connectivity index (χ1n) is 10.2. The Labute approximate surface area is 195 Å². The van der Waals surface area contributed by atoms with Gasteiger partial charge in [-0.25, -0.2) is 9.29 Å². The van der Waals surface area contributed by atoms with Gasteiger partial charge in [0, 0.05) is 5.02 Å². The molecule has 33 heavy (non-hydrogen) atoms. The van der Waals surface area contributed by atoms with E-state index < -0.39 is 17.6 Å². The number of amides is 2. The van der Waals surface area contributed by atoms with Crippen molar-refractivity contribution in [3.63, 3.8) is 0 Å². The van der Waals surface area contributed by atoms with Gasteiger partial charge < -0.3 is 14.8 Å². The molecule has 0 bridgehead atoms. The summed E-state index contributed by atoms with van der Waals surface area (Å²) in [6.07, 6.45) is 0. The predicted octanol–water partition coefficient (Wildman–Crippen LogP) is 5.28. The van der Waals surface area contributed by atoms with E-state index in [4.69, 9.17) is 21.1 Å². The zero-order chi connectivity index (χ0) is 23.5. The summed E-state index contributed by atoms with van der Waals surface area (Å²) in [6, 6.07) is 16.9. The lowest BCUT2D eigenvalue weighted by Gasteiger charge is -2.16. The van der Waals surface area contributed by atoms with Crippen molar-refractivity contribution in [1.82, 2.24) is 0 Å². The Bertz CT molecular complexity index is 1240. The third-order valence-corrected chi connectivity index (χ3v) is 5.28. The van der Waals surface area contributed by atoms with E-state index in [2.05, 4.69) is 5.32 Å². The molecule has 0 spiro atoms. The van der Waals surface area contributed by atoms with Gasteiger partial charge in [-0.3, -0.25) is 9.59 Å². The molecule has 1 heterocycles. The Morgan fingerprint density at radius 2 is 1.67 bits per heavy atom. The van der Waals surface area contributed by atoms with E-state index in [9.17, 15) is 14.0 Å². The summed E-state index contributed by atoms with van der Waals surface area (Å²) in [7, 11) is 1.48. The van der Waals surface area contributed by atoms with E-state index in [-0.39, 0.29) is 11.3 Å². The van der Waals surface area contributed by atoms with Crippen molar-refractivity contribution in [2.45, 2.75) is 6.92 Å². The van der Waals surface area contributed by atoms with Crippen LogP contribution in [-0.2, 0) is 9.59 Å². The minimum Gasteiger partial charge on any atom is -0.495 e. The Kier molecular flexibility index (Phi) is 6.33. The van der Waals surface area contributed by atoms with Crippen LogP contribution in [0.2, 0.25) is 5.02 Å². The van der Waals surface area contributed by atoms with Crippen molar-refractivity contribution in [1.29, 1.82) is 0 Å². The van der Waals surface area contributed by atoms with Crippen LogP contribution in [0.5, 0.6) is 11.5 Å². The fourth-order valence-corrected chi connectivity index (χ4v) is 3.71. The fraction of sp³-hybridized carbons (Fsp3) is 0.120. The van der Waals surface area contributed by atoms with Gasteiger partial charge in [-0.15, -0.1) is 0 Å². The van der Waals surface area contributed by atoms with Gasteiger partial charge in [0.05, 0.1) is 30.7 Å². The Morgan fingerprint density at radius 1 is 0.970 bits per heavy atom. The number of carbonyl (C=O) groups is 2. The summed E-state index contributed by atoms with van der Waals surface area (Å²) in [4.78, 5) is 28.0. The summed E-state index contributed by atoms with van der Waals surface area (Å²) >= 11 is 6.13. The van der Waals surface area contributed by atoms with Crippen molar-refractivity contribution >= 4 is 40.4 Å². The van der Waals surface area contributed by atoms with Crippen LogP contribution in [0, 0.1) is 5.82 Å². The number of imide groups is 1. The van der Waals surface area contributed by atoms with Gasteiger partial charge in [0.25, 0.3) is 11.8 Å². The van der Waals surface area contributed by atoms with Crippen LogP contribution in [0.25, 0.3) is 5.57 Å². The molecule has 3 aromatic carbocycles. The minimum atomic E-state index is -0.564. The predicted molar refractivity (Wildman–Crippen MR) is 125 cm³/mol. The molecule has 0 unspecified atom stereocenters. The molecule has 1 aliphatic heterocycles. The van der Waals surface area contributed by atoms with Crippen LogP contribution in [0.15, 0.2) is 72.4 Å². The number of anilines is 2. The summed E-state index contributed by atoms with van der Waals surface area (Å²) in [5.41, 5.74) is 1.32. The van der Waals surface area contributed by atoms with Gasteiger partial charge in [0.15, 0.2) is 0 Å². The fourth-order valence-electron chi connectivity index (χ4n) is 3.54. The molecule has 0 aromatic heterocycles. The molecule has 0 fully saturated rings. The highest BCUT2D eigenvalue weighted by Crippen LogP contribution is 2.37. The first-order chi connectivity index (χ1) is 15.9. The van der Waals surface area contributed by atoms with Gasteiger partial charge in [-0.2, -0.15) is 0 Å². The topological polar surface area (TPSA) is 67.9 Å². The molecule has 6 nitrogen and oxygen atoms in total. The highest BCUT2D eigenvalue weighted by atomic mass is 35.5. The molecule has 3 aromatic rings. The smallest absolute Gasteiger partial charge is 0.282 e. The zero-order valence-electron chi connectivity index (χ0n) is 17.9. The van der Waals surface area contributed by atoms with Crippen LogP contribution in [0.3, 0.4) is 0 Å². The molecule has 8 heteroatoms. The van der Waals surface area contributed by atoms with E-state index >= 15 is 0 Å². The van der Waals surface area contributed by atoms with Crippen molar-refractivity contribution in [3.8, 4) is 11.5 Å². The molecule has 0 aliphatic carbocycles. The number of halogens is 2. The number of nitrogens with one attached hydrogen (secondary N) is 1. The van der Waals surface area contributed by atoms with Gasteiger partial charge in [0.2, 0.25) is 0 Å². The lowest BCUT2D eigenvalue weighted by molar-refractivity contribution is -0.120. The molecular formula is C25H20ClFN2O4. The van der Waals surface area contributed by atoms with Crippen molar-refractivity contribution in [2.24, 2.45) is 0 Å². The van der Waals surface area contributed by atoms with E-state index in [1.165, 1.54) is 31.4 Å². The largest absolute Gasteiger partial charge is 0.495 e. The summed E-state index contributed by atoms with van der Waals surface area (Å²) in [5, 5.41) is 3.43. The number of rotatable bonds is 7. The van der Waals surface area contributed by atoms with E-state index in [1.807, 2.05) is 6.92 Å². The maximum atomic E-state index is 13.5. The lowest BCUT2D eigenvalue weighted by atomic mass is 10.0. The van der Waals surface area contributed by atoms with E-state index in [0.717, 1.165) is 4.90 Å². The number of methoxy groups -OCH3 is 1. The molecule has 1 aliphatic rings. The number of ether oxygens (including phenoxy) is 2. The van der Waals surface area contributed by atoms with Crippen molar-refractivity contribution in [2.75, 3.05) is 23.9 Å². The normalized spacial score (nSPS) is 13.5. The number of carbonyl (C=O) groups excluding carboxylic acids is 2. The van der Waals surface area contributed by atoms with Crippen LogP contribution in [0.4, 0.5) is 15.8 Å². The maximum Gasteiger partial charge on any atom is 0.282 e. The molecule has 1 N–H and O–H groups in total. The van der Waals surface area contributed by atoms with Crippen molar-refractivity contribution in [3.05, 3.63) is 88.8 Å². The second-order valence-corrected chi connectivity index (χ2v) is 7.54. The summed E-state index contributed by atoms with van der Waals surface area (Å²) in [6.45, 7) is 2.36. The molecule has 2 amide bonds. The first kappa shape index (κ1) is 22.4.